The van der Waals surface area contributed by atoms with Gasteiger partial charge in [-0.1, -0.05) is 12.1 Å². The second kappa shape index (κ2) is 6.85. The molecule has 0 aromatic heterocycles. The molecule has 1 N–H and O–H groups in total. The third-order valence-corrected chi connectivity index (χ3v) is 4.16. The Labute approximate surface area is 132 Å². The van der Waals surface area contributed by atoms with Crippen LogP contribution in [0.4, 0.5) is 4.39 Å². The Hall–Kier alpha value is -2.98. The summed E-state index contributed by atoms with van der Waals surface area (Å²) in [6.45, 7) is 0. The van der Waals surface area contributed by atoms with E-state index in [0.717, 1.165) is 30.3 Å². The van der Waals surface area contributed by atoms with Gasteiger partial charge in [-0.05, 0) is 48.0 Å². The molecule has 7 heteroatoms. The van der Waals surface area contributed by atoms with Crippen LogP contribution < -0.4 is 4.72 Å². The van der Waals surface area contributed by atoms with E-state index in [4.69, 9.17) is 5.26 Å². The number of benzene rings is 2. The molecule has 0 spiro atoms. The topological polar surface area (TPSA) is 87.0 Å². The summed E-state index contributed by atoms with van der Waals surface area (Å²) < 4.78 is 38.5. The van der Waals surface area contributed by atoms with Crippen LogP contribution in [0.2, 0.25) is 0 Å². The molecule has 1 amide bonds. The fourth-order valence-electron chi connectivity index (χ4n) is 1.72. The summed E-state index contributed by atoms with van der Waals surface area (Å²) in [6, 6.07) is 12.5. The second-order valence-corrected chi connectivity index (χ2v) is 6.18. The van der Waals surface area contributed by atoms with Gasteiger partial charge in [0.15, 0.2) is 0 Å². The van der Waals surface area contributed by atoms with Gasteiger partial charge in [-0.3, -0.25) is 4.79 Å². The molecule has 2 aromatic carbocycles. The van der Waals surface area contributed by atoms with E-state index in [1.165, 1.54) is 6.08 Å². The van der Waals surface area contributed by atoms with Crippen molar-refractivity contribution in [1.82, 2.24) is 4.72 Å². The minimum atomic E-state index is -4.06. The fourth-order valence-corrected chi connectivity index (χ4v) is 2.67. The molecule has 0 fully saturated rings. The van der Waals surface area contributed by atoms with Crippen molar-refractivity contribution >= 4 is 22.0 Å². The number of nitrogens with one attached hydrogen (secondary N) is 1. The first-order chi connectivity index (χ1) is 10.9. The van der Waals surface area contributed by atoms with Crippen molar-refractivity contribution in [3.05, 3.63) is 71.6 Å². The van der Waals surface area contributed by atoms with Gasteiger partial charge in [-0.15, -0.1) is 0 Å². The highest BCUT2D eigenvalue weighted by Gasteiger charge is 2.15. The van der Waals surface area contributed by atoms with Gasteiger partial charge in [0.1, 0.15) is 5.82 Å². The van der Waals surface area contributed by atoms with Gasteiger partial charge in [0.25, 0.3) is 15.9 Å². The van der Waals surface area contributed by atoms with E-state index in [-0.39, 0.29) is 4.90 Å². The Morgan fingerprint density at radius 1 is 1.17 bits per heavy atom. The Kier molecular flexibility index (Phi) is 4.88. The lowest BCUT2D eigenvalue weighted by Crippen LogP contribution is -2.28. The highest BCUT2D eigenvalue weighted by Crippen LogP contribution is 2.10. The molecule has 0 aliphatic rings. The average molecular weight is 330 g/mol. The maximum absolute atomic E-state index is 12.8. The van der Waals surface area contributed by atoms with Crippen LogP contribution in [0.1, 0.15) is 11.1 Å². The average Bonchev–Trinajstić information content (AvgIpc) is 2.53. The highest BCUT2D eigenvalue weighted by atomic mass is 32.2. The number of hydrogen-bond donors (Lipinski definition) is 1. The summed E-state index contributed by atoms with van der Waals surface area (Å²) in [5, 5.41) is 8.78. The summed E-state index contributed by atoms with van der Waals surface area (Å²) in [5.74, 6) is -1.43. The van der Waals surface area contributed by atoms with Crippen LogP contribution in [0.25, 0.3) is 6.08 Å². The van der Waals surface area contributed by atoms with Crippen LogP contribution in [0, 0.1) is 17.1 Å². The summed E-state index contributed by atoms with van der Waals surface area (Å²) in [6.07, 6.45) is 2.42. The normalized spacial score (nSPS) is 11.1. The Morgan fingerprint density at radius 3 is 2.52 bits per heavy atom. The SMILES string of the molecule is N#Cc1cccc(/C=C/C(=O)NS(=O)(=O)c2ccc(F)cc2)c1. The number of sulfonamides is 1. The quantitative estimate of drug-likeness (QED) is 0.871. The summed E-state index contributed by atoms with van der Waals surface area (Å²) >= 11 is 0. The maximum atomic E-state index is 12.8. The number of rotatable bonds is 4. The van der Waals surface area contributed by atoms with Crippen LogP contribution in [0.15, 0.2) is 59.5 Å². The number of amides is 1. The van der Waals surface area contributed by atoms with Crippen LogP contribution in [0.5, 0.6) is 0 Å². The molecule has 5 nitrogen and oxygen atoms in total. The lowest BCUT2D eigenvalue weighted by Gasteiger charge is -2.04. The van der Waals surface area contributed by atoms with Crippen LogP contribution in [0.3, 0.4) is 0 Å². The number of halogens is 1. The first-order valence-corrected chi connectivity index (χ1v) is 7.89. The molecular weight excluding hydrogens is 319 g/mol. The van der Waals surface area contributed by atoms with Crippen molar-refractivity contribution in [2.45, 2.75) is 4.90 Å². The molecule has 0 saturated carbocycles. The van der Waals surface area contributed by atoms with Crippen LogP contribution in [-0.2, 0) is 14.8 Å². The zero-order valence-electron chi connectivity index (χ0n) is 11.7. The zero-order chi connectivity index (χ0) is 16.9. The van der Waals surface area contributed by atoms with Crippen molar-refractivity contribution < 1.29 is 17.6 Å². The van der Waals surface area contributed by atoms with Crippen molar-refractivity contribution in [2.24, 2.45) is 0 Å². The van der Waals surface area contributed by atoms with Crippen molar-refractivity contribution in [3.8, 4) is 6.07 Å². The van der Waals surface area contributed by atoms with E-state index in [0.29, 0.717) is 11.1 Å². The molecule has 0 atom stereocenters. The standard InChI is InChI=1S/C16H11FN2O3S/c17-14-5-7-15(8-6-14)23(21,22)19-16(20)9-4-12-2-1-3-13(10-12)11-18/h1-10H,(H,19,20)/b9-4+. The number of carbonyl (C=O) groups is 1. The molecule has 0 aliphatic carbocycles. The summed E-state index contributed by atoms with van der Waals surface area (Å²) in [7, 11) is -4.06. The van der Waals surface area contributed by atoms with Gasteiger partial charge in [0, 0.05) is 6.08 Å². The van der Waals surface area contributed by atoms with E-state index in [9.17, 15) is 17.6 Å². The highest BCUT2D eigenvalue weighted by molar-refractivity contribution is 7.90. The zero-order valence-corrected chi connectivity index (χ0v) is 12.5. The predicted octanol–water partition coefficient (Wildman–Crippen LogP) is 2.22. The van der Waals surface area contributed by atoms with E-state index in [1.54, 1.807) is 24.3 Å². The minimum Gasteiger partial charge on any atom is -0.269 e. The van der Waals surface area contributed by atoms with Gasteiger partial charge in [0.05, 0.1) is 16.5 Å². The Morgan fingerprint density at radius 2 is 1.87 bits per heavy atom. The van der Waals surface area contributed by atoms with Gasteiger partial charge in [-0.2, -0.15) is 5.26 Å². The Bertz CT molecular complexity index is 898. The van der Waals surface area contributed by atoms with Gasteiger partial charge >= 0.3 is 0 Å². The number of carbonyl (C=O) groups excluding carboxylic acids is 1. The van der Waals surface area contributed by atoms with Crippen LogP contribution in [-0.4, -0.2) is 14.3 Å². The molecule has 0 bridgehead atoms. The van der Waals surface area contributed by atoms with Crippen molar-refractivity contribution in [1.29, 1.82) is 5.26 Å². The third kappa shape index (κ3) is 4.49. The van der Waals surface area contributed by atoms with Gasteiger partial charge in [-0.25, -0.2) is 17.5 Å². The lowest BCUT2D eigenvalue weighted by atomic mass is 10.1. The summed E-state index contributed by atoms with van der Waals surface area (Å²) in [5.41, 5.74) is 1.00. The van der Waals surface area contributed by atoms with Crippen LogP contribution >= 0.6 is 0 Å². The molecule has 0 heterocycles. The monoisotopic (exact) mass is 330 g/mol. The third-order valence-electron chi connectivity index (χ3n) is 2.80. The molecule has 2 rings (SSSR count). The smallest absolute Gasteiger partial charge is 0.264 e. The second-order valence-electron chi connectivity index (χ2n) is 4.49. The molecule has 2 aromatic rings. The summed E-state index contributed by atoms with van der Waals surface area (Å²) in [4.78, 5) is 11.5. The fraction of sp³-hybridized carbons (Fsp3) is 0. The first-order valence-electron chi connectivity index (χ1n) is 6.41. The number of nitrogens with zero attached hydrogens (tertiary/aromatic N) is 1. The molecule has 23 heavy (non-hydrogen) atoms. The van der Waals surface area contributed by atoms with E-state index in [1.807, 2.05) is 10.8 Å². The molecule has 0 aliphatic heterocycles. The number of nitriles is 1. The van der Waals surface area contributed by atoms with E-state index >= 15 is 0 Å². The number of hydrogen-bond acceptors (Lipinski definition) is 4. The first kappa shape index (κ1) is 16.4. The molecule has 0 saturated heterocycles. The molecule has 0 radical (unpaired) electrons. The van der Waals surface area contributed by atoms with Gasteiger partial charge in [0.2, 0.25) is 0 Å². The van der Waals surface area contributed by atoms with Crippen molar-refractivity contribution in [2.75, 3.05) is 0 Å². The van der Waals surface area contributed by atoms with Crippen molar-refractivity contribution in [3.63, 3.8) is 0 Å². The Balaban J connectivity index is 2.10. The molecule has 116 valence electrons. The van der Waals surface area contributed by atoms with E-state index in [2.05, 4.69) is 0 Å². The molecule has 0 unspecified atom stereocenters. The minimum absolute atomic E-state index is 0.216. The van der Waals surface area contributed by atoms with E-state index < -0.39 is 21.7 Å². The largest absolute Gasteiger partial charge is 0.269 e. The predicted molar refractivity (Wildman–Crippen MR) is 81.9 cm³/mol. The lowest BCUT2D eigenvalue weighted by molar-refractivity contribution is -0.114. The van der Waals surface area contributed by atoms with Gasteiger partial charge < -0.3 is 0 Å². The maximum Gasteiger partial charge on any atom is 0.264 e. The molecular formula is C16H11FN2O3S.